The number of hydrogen-bond acceptors (Lipinski definition) is 5. The van der Waals surface area contributed by atoms with Crippen LogP contribution in [0.1, 0.15) is 15.9 Å². The first-order chi connectivity index (χ1) is 15.0. The first-order valence-corrected chi connectivity index (χ1v) is 9.40. The van der Waals surface area contributed by atoms with Gasteiger partial charge in [-0.25, -0.2) is 9.37 Å². The number of amides is 1. The number of benzene rings is 2. The number of pyridine rings is 2. The molecule has 0 radical (unpaired) electrons. The number of aromatic hydroxyl groups is 1. The lowest BCUT2D eigenvalue weighted by Crippen LogP contribution is -2.33. The molecule has 0 bridgehead atoms. The van der Waals surface area contributed by atoms with Gasteiger partial charge in [-0.05, 0) is 42.5 Å². The SMILES string of the molecule is COc1ccc(-n2c(=O)c(C(=O)NCc3ccccc3F)c(O)c3cccnc32)cc1. The predicted octanol–water partition coefficient (Wildman–Crippen LogP) is 3.17. The average molecular weight is 419 g/mol. The van der Waals surface area contributed by atoms with E-state index in [1.165, 1.54) is 36.1 Å². The van der Waals surface area contributed by atoms with E-state index in [4.69, 9.17) is 4.74 Å². The van der Waals surface area contributed by atoms with Crippen LogP contribution in [-0.4, -0.2) is 27.7 Å². The number of aromatic nitrogens is 2. The molecule has 0 atom stereocenters. The average Bonchev–Trinajstić information content (AvgIpc) is 2.79. The topological polar surface area (TPSA) is 93.5 Å². The minimum Gasteiger partial charge on any atom is -0.506 e. The van der Waals surface area contributed by atoms with Gasteiger partial charge < -0.3 is 15.2 Å². The van der Waals surface area contributed by atoms with Crippen LogP contribution in [0.5, 0.6) is 11.5 Å². The smallest absolute Gasteiger partial charge is 0.273 e. The normalized spacial score (nSPS) is 10.8. The summed E-state index contributed by atoms with van der Waals surface area (Å²) < 4.78 is 20.3. The number of rotatable bonds is 5. The van der Waals surface area contributed by atoms with Crippen molar-refractivity contribution in [2.45, 2.75) is 6.54 Å². The largest absolute Gasteiger partial charge is 0.506 e. The maximum atomic E-state index is 13.9. The fourth-order valence-electron chi connectivity index (χ4n) is 3.29. The quantitative estimate of drug-likeness (QED) is 0.518. The Labute approximate surface area is 176 Å². The third-order valence-corrected chi connectivity index (χ3v) is 4.86. The summed E-state index contributed by atoms with van der Waals surface area (Å²) in [5, 5.41) is 13.4. The monoisotopic (exact) mass is 419 g/mol. The molecule has 2 aromatic carbocycles. The Bertz CT molecular complexity index is 1330. The van der Waals surface area contributed by atoms with Gasteiger partial charge in [-0.15, -0.1) is 0 Å². The Morgan fingerprint density at radius 1 is 1.13 bits per heavy atom. The van der Waals surface area contributed by atoms with Crippen molar-refractivity contribution >= 4 is 16.9 Å². The van der Waals surface area contributed by atoms with Crippen molar-refractivity contribution in [2.24, 2.45) is 0 Å². The molecule has 156 valence electrons. The van der Waals surface area contributed by atoms with E-state index in [0.29, 0.717) is 11.4 Å². The third kappa shape index (κ3) is 3.71. The Morgan fingerprint density at radius 2 is 1.87 bits per heavy atom. The number of fused-ring (bicyclic) bond motifs is 1. The van der Waals surface area contributed by atoms with Crippen LogP contribution in [0.3, 0.4) is 0 Å². The molecule has 0 spiro atoms. The fraction of sp³-hybridized carbons (Fsp3) is 0.0870. The summed E-state index contributed by atoms with van der Waals surface area (Å²) in [6.07, 6.45) is 1.49. The van der Waals surface area contributed by atoms with Crippen LogP contribution in [-0.2, 0) is 6.54 Å². The number of nitrogens with one attached hydrogen (secondary N) is 1. The summed E-state index contributed by atoms with van der Waals surface area (Å²) in [6.45, 7) is -0.141. The molecule has 4 aromatic rings. The molecular formula is C23H18FN3O4. The highest BCUT2D eigenvalue weighted by Crippen LogP contribution is 2.27. The van der Waals surface area contributed by atoms with Crippen LogP contribution in [0.25, 0.3) is 16.7 Å². The number of carbonyl (C=O) groups excluding carboxylic acids is 1. The third-order valence-electron chi connectivity index (χ3n) is 4.86. The van der Waals surface area contributed by atoms with Gasteiger partial charge in [0, 0.05) is 18.3 Å². The van der Waals surface area contributed by atoms with Crippen LogP contribution in [0.4, 0.5) is 4.39 Å². The molecule has 8 heteroatoms. The molecule has 0 aliphatic heterocycles. The molecule has 0 fully saturated rings. The maximum Gasteiger partial charge on any atom is 0.273 e. The molecule has 2 N–H and O–H groups in total. The van der Waals surface area contributed by atoms with Crippen LogP contribution < -0.4 is 15.6 Å². The highest BCUT2D eigenvalue weighted by Gasteiger charge is 2.23. The van der Waals surface area contributed by atoms with E-state index in [0.717, 1.165) is 0 Å². The van der Waals surface area contributed by atoms with Crippen molar-refractivity contribution in [3.8, 4) is 17.2 Å². The van der Waals surface area contributed by atoms with Crippen LogP contribution in [0, 0.1) is 5.82 Å². The van der Waals surface area contributed by atoms with Gasteiger partial charge in [-0.3, -0.25) is 14.2 Å². The highest BCUT2D eigenvalue weighted by molar-refractivity contribution is 6.02. The zero-order chi connectivity index (χ0) is 22.0. The molecule has 7 nitrogen and oxygen atoms in total. The van der Waals surface area contributed by atoms with Crippen molar-refractivity contribution in [3.05, 3.63) is 94.2 Å². The summed E-state index contributed by atoms with van der Waals surface area (Å²) in [5.74, 6) is -1.19. The number of halogens is 1. The zero-order valence-corrected chi connectivity index (χ0v) is 16.5. The lowest BCUT2D eigenvalue weighted by atomic mass is 10.1. The van der Waals surface area contributed by atoms with E-state index >= 15 is 0 Å². The molecule has 2 heterocycles. The second-order valence-electron chi connectivity index (χ2n) is 6.71. The van der Waals surface area contributed by atoms with Gasteiger partial charge in [0.1, 0.15) is 22.9 Å². The Kier molecular flexibility index (Phi) is 5.36. The molecule has 1 amide bonds. The van der Waals surface area contributed by atoms with Gasteiger partial charge in [0.15, 0.2) is 5.65 Å². The predicted molar refractivity (Wildman–Crippen MR) is 113 cm³/mol. The van der Waals surface area contributed by atoms with Crippen LogP contribution >= 0.6 is 0 Å². The highest BCUT2D eigenvalue weighted by atomic mass is 19.1. The number of methoxy groups -OCH3 is 1. The number of nitrogens with zero attached hydrogens (tertiary/aromatic N) is 2. The summed E-state index contributed by atoms with van der Waals surface area (Å²) >= 11 is 0. The minimum atomic E-state index is -0.821. The number of hydrogen-bond donors (Lipinski definition) is 2. The van der Waals surface area contributed by atoms with Crippen molar-refractivity contribution in [3.63, 3.8) is 0 Å². The van der Waals surface area contributed by atoms with E-state index in [-0.39, 0.29) is 23.1 Å². The fourth-order valence-corrected chi connectivity index (χ4v) is 3.29. The molecule has 0 saturated carbocycles. The van der Waals surface area contributed by atoms with Crippen molar-refractivity contribution in [2.75, 3.05) is 7.11 Å². The van der Waals surface area contributed by atoms with Crippen LogP contribution in [0.15, 0.2) is 71.7 Å². The molecule has 4 rings (SSSR count). The van der Waals surface area contributed by atoms with E-state index < -0.39 is 28.6 Å². The molecule has 0 unspecified atom stereocenters. The first-order valence-electron chi connectivity index (χ1n) is 9.40. The lowest BCUT2D eigenvalue weighted by Gasteiger charge is -2.14. The maximum absolute atomic E-state index is 13.9. The molecule has 0 aliphatic rings. The Balaban J connectivity index is 1.82. The summed E-state index contributed by atoms with van der Waals surface area (Å²) in [7, 11) is 1.52. The zero-order valence-electron chi connectivity index (χ0n) is 16.5. The minimum absolute atomic E-state index is 0.141. The summed E-state index contributed by atoms with van der Waals surface area (Å²) in [6, 6.07) is 15.8. The molecular weight excluding hydrogens is 401 g/mol. The van der Waals surface area contributed by atoms with Crippen molar-refractivity contribution < 1.29 is 19.0 Å². The molecule has 0 saturated heterocycles. The molecule has 31 heavy (non-hydrogen) atoms. The molecule has 0 aliphatic carbocycles. The van der Waals surface area contributed by atoms with Gasteiger partial charge in [0.05, 0.1) is 18.2 Å². The van der Waals surface area contributed by atoms with Gasteiger partial charge >= 0.3 is 0 Å². The second-order valence-corrected chi connectivity index (χ2v) is 6.71. The van der Waals surface area contributed by atoms with Crippen molar-refractivity contribution in [1.29, 1.82) is 0 Å². The first kappa shape index (κ1) is 20.1. The molecule has 2 aromatic heterocycles. The second kappa shape index (κ2) is 8.27. The lowest BCUT2D eigenvalue weighted by molar-refractivity contribution is 0.0946. The Hall–Kier alpha value is -4.20. The van der Waals surface area contributed by atoms with Crippen molar-refractivity contribution in [1.82, 2.24) is 14.9 Å². The van der Waals surface area contributed by atoms with Crippen LogP contribution in [0.2, 0.25) is 0 Å². The van der Waals surface area contributed by atoms with Gasteiger partial charge in [0.2, 0.25) is 0 Å². The van der Waals surface area contributed by atoms with Gasteiger partial charge in [0.25, 0.3) is 11.5 Å². The van der Waals surface area contributed by atoms with E-state index in [1.807, 2.05) is 0 Å². The van der Waals surface area contributed by atoms with Gasteiger partial charge in [-0.1, -0.05) is 18.2 Å². The van der Waals surface area contributed by atoms with Gasteiger partial charge in [-0.2, -0.15) is 0 Å². The number of carbonyl (C=O) groups is 1. The van der Waals surface area contributed by atoms with E-state index in [9.17, 15) is 19.1 Å². The van der Waals surface area contributed by atoms with E-state index in [1.54, 1.807) is 42.5 Å². The summed E-state index contributed by atoms with van der Waals surface area (Å²) in [5.41, 5.74) is -0.306. The number of ether oxygens (including phenoxy) is 1. The summed E-state index contributed by atoms with van der Waals surface area (Å²) in [4.78, 5) is 30.3. The van der Waals surface area contributed by atoms with E-state index in [2.05, 4.69) is 10.3 Å². The standard InChI is InChI=1S/C23H18FN3O4/c1-31-16-10-8-15(9-11-16)27-21-17(6-4-12-25-21)20(28)19(23(27)30)22(29)26-13-14-5-2-3-7-18(14)24/h2-12,28H,13H2,1H3,(H,26,29). The Morgan fingerprint density at radius 3 is 2.58 bits per heavy atom.